The van der Waals surface area contributed by atoms with E-state index in [0.29, 0.717) is 25.3 Å². The third-order valence-electron chi connectivity index (χ3n) is 4.27. The van der Waals surface area contributed by atoms with Gasteiger partial charge in [-0.1, -0.05) is 0 Å². The zero-order chi connectivity index (χ0) is 19.4. The molecule has 6 nitrogen and oxygen atoms in total. The van der Waals surface area contributed by atoms with Crippen LogP contribution in [0, 0.1) is 5.92 Å². The van der Waals surface area contributed by atoms with E-state index in [2.05, 4.69) is 10.4 Å². The quantitative estimate of drug-likeness (QED) is 0.640. The van der Waals surface area contributed by atoms with Crippen LogP contribution in [0.1, 0.15) is 5.56 Å². The number of nitrogens with one attached hydrogen (secondary N) is 1. The lowest BCUT2D eigenvalue weighted by Crippen LogP contribution is -2.41. The van der Waals surface area contributed by atoms with Gasteiger partial charge < -0.3 is 15.0 Å². The number of anilines is 2. The summed E-state index contributed by atoms with van der Waals surface area (Å²) in [6.07, 6.45) is -0.147. The summed E-state index contributed by atoms with van der Waals surface area (Å²) < 4.78 is 44.9. The number of ether oxygens (including phenoxy) is 1. The van der Waals surface area contributed by atoms with Crippen LogP contribution in [0.4, 0.5) is 24.7 Å². The fourth-order valence-electron chi connectivity index (χ4n) is 2.98. The molecule has 2 aromatic rings. The van der Waals surface area contributed by atoms with Gasteiger partial charge in [0.25, 0.3) is 0 Å². The second kappa shape index (κ2) is 7.73. The predicted octanol–water partition coefficient (Wildman–Crippen LogP) is 2.95. The monoisotopic (exact) mass is 380 g/mol. The number of carbonyl (C=O) groups is 1. The zero-order valence-electron chi connectivity index (χ0n) is 14.6. The van der Waals surface area contributed by atoms with E-state index in [-0.39, 0.29) is 11.8 Å². The molecule has 1 aliphatic heterocycles. The molecule has 0 radical (unpaired) electrons. The van der Waals surface area contributed by atoms with Crippen LogP contribution in [0.25, 0.3) is 0 Å². The molecule has 1 aromatic carbocycles. The van der Waals surface area contributed by atoms with E-state index in [1.807, 2.05) is 11.0 Å². The second-order valence-electron chi connectivity index (χ2n) is 6.18. The highest BCUT2D eigenvalue weighted by Gasteiger charge is 2.31. The molecule has 2 heterocycles. The minimum atomic E-state index is -4.37. The third kappa shape index (κ3) is 4.42. The van der Waals surface area contributed by atoms with Crippen LogP contribution < -0.4 is 10.2 Å². The van der Waals surface area contributed by atoms with Gasteiger partial charge in [-0.25, -0.2) is 4.68 Å². The van der Waals surface area contributed by atoms with E-state index in [4.69, 9.17) is 4.74 Å². The molecule has 1 aromatic heterocycles. The molecule has 0 bridgehead atoms. The molecule has 0 fully saturated rings. The molecule has 0 saturated carbocycles. The molecule has 1 amide bonds. The average molecular weight is 380 g/mol. The number of halogens is 3. The Balaban J connectivity index is 1.75. The van der Waals surface area contributed by atoms with Gasteiger partial charge in [0, 0.05) is 43.4 Å². The Morgan fingerprint density at radius 1 is 1.30 bits per heavy atom. The summed E-state index contributed by atoms with van der Waals surface area (Å²) >= 11 is 0. The molecule has 1 unspecified atom stereocenters. The van der Waals surface area contributed by atoms with Gasteiger partial charge in [0.05, 0.1) is 25.1 Å². The highest BCUT2D eigenvalue weighted by Crippen LogP contribution is 2.34. The van der Waals surface area contributed by atoms with Crippen LogP contribution in [-0.2, 0) is 22.3 Å². The molecule has 3 rings (SSSR count). The molecule has 0 aliphatic carbocycles. The first kappa shape index (κ1) is 18.8. The topological polar surface area (TPSA) is 59.4 Å². The van der Waals surface area contributed by atoms with E-state index in [1.54, 1.807) is 10.9 Å². The van der Waals surface area contributed by atoms with Crippen LogP contribution in [0.5, 0.6) is 0 Å². The maximum atomic E-state index is 12.8. The summed E-state index contributed by atoms with van der Waals surface area (Å²) in [5, 5.41) is 7.05. The molecular weight excluding hydrogens is 361 g/mol. The molecule has 0 saturated heterocycles. The van der Waals surface area contributed by atoms with Gasteiger partial charge in [0.15, 0.2) is 0 Å². The fourth-order valence-corrected chi connectivity index (χ4v) is 2.98. The van der Waals surface area contributed by atoms with E-state index >= 15 is 0 Å². The van der Waals surface area contributed by atoms with Gasteiger partial charge in [0.1, 0.15) is 5.82 Å². The number of alkyl halides is 3. The summed E-state index contributed by atoms with van der Waals surface area (Å²) in [7, 11) is 1.45. The van der Waals surface area contributed by atoms with Crippen LogP contribution in [0.15, 0.2) is 48.9 Å². The van der Waals surface area contributed by atoms with Crippen LogP contribution in [0.2, 0.25) is 0 Å². The number of benzene rings is 1. The maximum Gasteiger partial charge on any atom is 0.416 e. The van der Waals surface area contributed by atoms with Crippen molar-refractivity contribution in [2.75, 3.05) is 25.1 Å². The SMILES string of the molecule is CO/C=C/C(=O)NCC1CN(c2ccc(C(F)(F)F)cc2)c2ccnn2C1. The molecule has 27 heavy (non-hydrogen) atoms. The Labute approximate surface area is 154 Å². The Bertz CT molecular complexity index is 815. The maximum absolute atomic E-state index is 12.8. The number of fused-ring (bicyclic) bond motifs is 1. The minimum Gasteiger partial charge on any atom is -0.504 e. The van der Waals surface area contributed by atoms with Crippen molar-refractivity contribution < 1.29 is 22.7 Å². The van der Waals surface area contributed by atoms with E-state index in [0.717, 1.165) is 18.0 Å². The lowest BCUT2D eigenvalue weighted by molar-refractivity contribution is -0.137. The largest absolute Gasteiger partial charge is 0.504 e. The van der Waals surface area contributed by atoms with Crippen molar-refractivity contribution in [3.8, 4) is 0 Å². The Kier molecular flexibility index (Phi) is 5.38. The van der Waals surface area contributed by atoms with Gasteiger partial charge in [-0.05, 0) is 24.3 Å². The second-order valence-corrected chi connectivity index (χ2v) is 6.18. The molecule has 9 heteroatoms. The van der Waals surface area contributed by atoms with Crippen molar-refractivity contribution in [1.29, 1.82) is 0 Å². The van der Waals surface area contributed by atoms with E-state index in [1.165, 1.54) is 31.6 Å². The first-order chi connectivity index (χ1) is 12.9. The van der Waals surface area contributed by atoms with Crippen molar-refractivity contribution in [3.63, 3.8) is 0 Å². The lowest BCUT2D eigenvalue weighted by atomic mass is 10.1. The molecule has 1 atom stereocenters. The number of hydrogen-bond acceptors (Lipinski definition) is 4. The van der Waals surface area contributed by atoms with Crippen molar-refractivity contribution in [3.05, 3.63) is 54.4 Å². The number of nitrogens with zero attached hydrogens (tertiary/aromatic N) is 3. The first-order valence-corrected chi connectivity index (χ1v) is 8.32. The van der Waals surface area contributed by atoms with Gasteiger partial charge in [0.2, 0.25) is 5.91 Å². The number of carbonyl (C=O) groups excluding carboxylic acids is 1. The van der Waals surface area contributed by atoms with E-state index < -0.39 is 11.7 Å². The van der Waals surface area contributed by atoms with Gasteiger partial charge in [-0.3, -0.25) is 4.79 Å². The molecular formula is C18H19F3N4O2. The smallest absolute Gasteiger partial charge is 0.416 e. The highest BCUT2D eigenvalue weighted by molar-refractivity contribution is 5.87. The number of rotatable bonds is 5. The number of hydrogen-bond donors (Lipinski definition) is 1. The molecule has 144 valence electrons. The number of methoxy groups -OCH3 is 1. The summed E-state index contributed by atoms with van der Waals surface area (Å²) in [6, 6.07) is 6.84. The standard InChI is InChI=1S/C18H19F3N4O2/c1-27-9-7-16(26)22-10-13-11-24(17-6-8-23-25(17)12-13)15-4-2-14(3-5-15)18(19,20)21/h2-9,13H,10-12H2,1H3,(H,22,26)/b9-7+. The van der Waals surface area contributed by atoms with Crippen molar-refractivity contribution in [1.82, 2.24) is 15.1 Å². The minimum absolute atomic E-state index is 0.0413. The summed E-state index contributed by atoms with van der Waals surface area (Å²) in [5.74, 6) is 0.570. The van der Waals surface area contributed by atoms with E-state index in [9.17, 15) is 18.0 Å². The normalized spacial score (nSPS) is 17.0. The van der Waals surface area contributed by atoms with Crippen LogP contribution >= 0.6 is 0 Å². The van der Waals surface area contributed by atoms with Crippen molar-refractivity contribution >= 4 is 17.4 Å². The highest BCUT2D eigenvalue weighted by atomic mass is 19.4. The Morgan fingerprint density at radius 2 is 2.04 bits per heavy atom. The van der Waals surface area contributed by atoms with Crippen molar-refractivity contribution in [2.45, 2.75) is 12.7 Å². The summed E-state index contributed by atoms with van der Waals surface area (Å²) in [5.41, 5.74) is -0.0504. The Hall–Kier alpha value is -2.97. The van der Waals surface area contributed by atoms with Gasteiger partial charge in [-0.15, -0.1) is 0 Å². The molecule has 0 spiro atoms. The first-order valence-electron chi connectivity index (χ1n) is 8.32. The van der Waals surface area contributed by atoms with Gasteiger partial charge in [-0.2, -0.15) is 18.3 Å². The number of amides is 1. The van der Waals surface area contributed by atoms with Crippen molar-refractivity contribution in [2.24, 2.45) is 5.92 Å². The van der Waals surface area contributed by atoms with Crippen LogP contribution in [0.3, 0.4) is 0 Å². The molecule has 1 aliphatic rings. The fraction of sp³-hybridized carbons (Fsp3) is 0.333. The lowest BCUT2D eigenvalue weighted by Gasteiger charge is -2.35. The summed E-state index contributed by atoms with van der Waals surface area (Å²) in [4.78, 5) is 13.6. The summed E-state index contributed by atoms with van der Waals surface area (Å²) in [6.45, 7) is 1.56. The Morgan fingerprint density at radius 3 is 2.70 bits per heavy atom. The average Bonchev–Trinajstić information content (AvgIpc) is 3.12. The zero-order valence-corrected chi connectivity index (χ0v) is 14.6. The van der Waals surface area contributed by atoms with Gasteiger partial charge >= 0.3 is 6.18 Å². The number of aromatic nitrogens is 2. The third-order valence-corrected chi connectivity index (χ3v) is 4.27. The van der Waals surface area contributed by atoms with Crippen LogP contribution in [-0.4, -0.2) is 35.9 Å². The molecule has 1 N–H and O–H groups in total. The predicted molar refractivity (Wildman–Crippen MR) is 93.3 cm³/mol.